The third-order valence-corrected chi connectivity index (χ3v) is 2.70. The molecule has 0 aliphatic heterocycles. The van der Waals surface area contributed by atoms with Gasteiger partial charge >= 0.3 is 0 Å². The van der Waals surface area contributed by atoms with Crippen LogP contribution in [-0.4, -0.2) is 22.6 Å². The fraction of sp³-hybridized carbons (Fsp3) is 0.308. The van der Waals surface area contributed by atoms with Gasteiger partial charge in [-0.3, -0.25) is 0 Å². The monoisotopic (exact) mass is 230 g/mol. The zero-order valence-electron chi connectivity index (χ0n) is 9.84. The lowest BCUT2D eigenvalue weighted by Crippen LogP contribution is -2.07. The highest BCUT2D eigenvalue weighted by molar-refractivity contribution is 5.58. The van der Waals surface area contributed by atoms with Gasteiger partial charge < -0.3 is 16.0 Å². The van der Waals surface area contributed by atoms with Crippen LogP contribution in [0, 0.1) is 0 Å². The van der Waals surface area contributed by atoms with Crippen LogP contribution in [0.2, 0.25) is 0 Å². The molecule has 0 saturated carbocycles. The van der Waals surface area contributed by atoms with E-state index in [-0.39, 0.29) is 0 Å². The minimum atomic E-state index is 0.630. The smallest absolute Gasteiger partial charge is 0.0954 e. The summed E-state index contributed by atoms with van der Waals surface area (Å²) in [5.74, 6) is 0. The predicted octanol–water partition coefficient (Wildman–Crippen LogP) is 1.01. The van der Waals surface area contributed by atoms with E-state index in [0.29, 0.717) is 13.1 Å². The van der Waals surface area contributed by atoms with Gasteiger partial charge in [0.1, 0.15) is 0 Å². The van der Waals surface area contributed by atoms with Crippen LogP contribution >= 0.6 is 0 Å². The molecule has 0 fully saturated rings. The van der Waals surface area contributed by atoms with Crippen LogP contribution in [0.4, 0.5) is 0 Å². The number of aromatic nitrogens is 2. The quantitative estimate of drug-likeness (QED) is 0.805. The van der Waals surface area contributed by atoms with Gasteiger partial charge in [-0.25, -0.2) is 4.98 Å². The molecule has 0 amide bonds. The Kier molecular flexibility index (Phi) is 3.90. The maximum absolute atomic E-state index is 5.52. The molecule has 90 valence electrons. The summed E-state index contributed by atoms with van der Waals surface area (Å²) in [7, 11) is 0. The molecule has 0 radical (unpaired) electrons. The zero-order valence-corrected chi connectivity index (χ0v) is 9.84. The predicted molar refractivity (Wildman–Crippen MR) is 69.5 cm³/mol. The lowest BCUT2D eigenvalue weighted by Gasteiger charge is -2.00. The van der Waals surface area contributed by atoms with Crippen LogP contribution in [0.3, 0.4) is 0 Å². The van der Waals surface area contributed by atoms with E-state index in [9.17, 15) is 0 Å². The largest absolute Gasteiger partial charge is 0.336 e. The fourth-order valence-electron chi connectivity index (χ4n) is 1.79. The topological polar surface area (TPSA) is 69.9 Å². The Hall–Kier alpha value is -1.65. The molecule has 4 N–H and O–H groups in total. The fourth-order valence-corrected chi connectivity index (χ4v) is 1.79. The molecule has 2 rings (SSSR count). The van der Waals surface area contributed by atoms with E-state index in [1.54, 1.807) is 0 Å². The van der Waals surface area contributed by atoms with E-state index in [2.05, 4.69) is 29.2 Å². The summed E-state index contributed by atoms with van der Waals surface area (Å²) in [5.41, 5.74) is 14.4. The normalized spacial score (nSPS) is 10.7. The summed E-state index contributed by atoms with van der Waals surface area (Å²) in [5, 5.41) is 0. The molecule has 0 unspecified atom stereocenters. The molecule has 0 spiro atoms. The van der Waals surface area contributed by atoms with Crippen molar-refractivity contribution in [2.75, 3.05) is 13.1 Å². The van der Waals surface area contributed by atoms with Crippen molar-refractivity contribution in [3.05, 3.63) is 42.4 Å². The molecule has 1 heterocycles. The van der Waals surface area contributed by atoms with Crippen molar-refractivity contribution in [3.8, 4) is 11.3 Å². The third kappa shape index (κ3) is 2.93. The third-order valence-electron chi connectivity index (χ3n) is 2.70. The summed E-state index contributed by atoms with van der Waals surface area (Å²) < 4.78 is 2.00. The van der Waals surface area contributed by atoms with Gasteiger partial charge in [0.05, 0.1) is 12.0 Å². The number of hydrogen-bond acceptors (Lipinski definition) is 3. The number of hydrogen-bond donors (Lipinski definition) is 2. The van der Waals surface area contributed by atoms with Crippen molar-refractivity contribution in [2.24, 2.45) is 11.5 Å². The first-order valence-corrected chi connectivity index (χ1v) is 5.84. The lowest BCUT2D eigenvalue weighted by atomic mass is 10.1. The Morgan fingerprint density at radius 2 is 1.82 bits per heavy atom. The Labute approximate surface area is 101 Å². The van der Waals surface area contributed by atoms with E-state index in [0.717, 1.165) is 24.2 Å². The van der Waals surface area contributed by atoms with Gasteiger partial charge in [0.25, 0.3) is 0 Å². The van der Waals surface area contributed by atoms with E-state index in [1.807, 2.05) is 17.1 Å². The molecule has 2 aromatic rings. The highest BCUT2D eigenvalue weighted by Gasteiger charge is 2.01. The second-order valence-electron chi connectivity index (χ2n) is 4.02. The zero-order chi connectivity index (χ0) is 12.1. The van der Waals surface area contributed by atoms with Crippen molar-refractivity contribution in [3.63, 3.8) is 0 Å². The first-order valence-electron chi connectivity index (χ1n) is 5.84. The van der Waals surface area contributed by atoms with Crippen molar-refractivity contribution < 1.29 is 0 Å². The summed E-state index contributed by atoms with van der Waals surface area (Å²) >= 11 is 0. The van der Waals surface area contributed by atoms with Crippen LogP contribution in [-0.2, 0) is 13.0 Å². The molecule has 1 aromatic carbocycles. The SMILES string of the molecule is NCCc1ccc(-c2cn(CCN)cn2)cc1. The number of rotatable bonds is 5. The van der Waals surface area contributed by atoms with Crippen molar-refractivity contribution in [2.45, 2.75) is 13.0 Å². The lowest BCUT2D eigenvalue weighted by molar-refractivity contribution is 0.708. The van der Waals surface area contributed by atoms with Gasteiger partial charge in [-0.15, -0.1) is 0 Å². The molecule has 0 atom stereocenters. The Balaban J connectivity index is 2.15. The van der Waals surface area contributed by atoms with Gasteiger partial charge in [-0.05, 0) is 18.5 Å². The second kappa shape index (κ2) is 5.61. The maximum atomic E-state index is 5.52. The molecular weight excluding hydrogens is 212 g/mol. The molecule has 4 heteroatoms. The standard InChI is InChI=1S/C13H18N4/c14-6-5-11-1-3-12(4-2-11)13-9-17(8-7-15)10-16-13/h1-4,9-10H,5-8,14-15H2. The average Bonchev–Trinajstić information content (AvgIpc) is 2.80. The first kappa shape index (κ1) is 11.8. The minimum absolute atomic E-state index is 0.630. The van der Waals surface area contributed by atoms with E-state index in [1.165, 1.54) is 5.56 Å². The molecule has 0 saturated heterocycles. The Bertz CT molecular complexity index is 459. The Morgan fingerprint density at radius 3 is 2.47 bits per heavy atom. The van der Waals surface area contributed by atoms with Crippen molar-refractivity contribution in [1.82, 2.24) is 9.55 Å². The molecular formula is C13H18N4. The van der Waals surface area contributed by atoms with Crippen LogP contribution in [0.15, 0.2) is 36.8 Å². The van der Waals surface area contributed by atoms with E-state index >= 15 is 0 Å². The van der Waals surface area contributed by atoms with Crippen molar-refractivity contribution >= 4 is 0 Å². The summed E-state index contributed by atoms with van der Waals surface area (Å²) in [6.45, 7) is 2.12. The van der Waals surface area contributed by atoms with E-state index < -0.39 is 0 Å². The number of nitrogens with zero attached hydrogens (tertiary/aromatic N) is 2. The molecule has 17 heavy (non-hydrogen) atoms. The highest BCUT2D eigenvalue weighted by atomic mass is 15.0. The molecule has 4 nitrogen and oxygen atoms in total. The number of imidazole rings is 1. The summed E-state index contributed by atoms with van der Waals surface area (Å²) in [6.07, 6.45) is 4.75. The minimum Gasteiger partial charge on any atom is -0.336 e. The van der Waals surface area contributed by atoms with Gasteiger partial charge in [0.15, 0.2) is 0 Å². The maximum Gasteiger partial charge on any atom is 0.0954 e. The molecule has 1 aromatic heterocycles. The number of benzene rings is 1. The average molecular weight is 230 g/mol. The van der Waals surface area contributed by atoms with Crippen LogP contribution in [0.25, 0.3) is 11.3 Å². The van der Waals surface area contributed by atoms with Crippen molar-refractivity contribution in [1.29, 1.82) is 0 Å². The first-order chi connectivity index (χ1) is 8.33. The van der Waals surface area contributed by atoms with Gasteiger partial charge in [-0.1, -0.05) is 24.3 Å². The van der Waals surface area contributed by atoms with E-state index in [4.69, 9.17) is 11.5 Å². The van der Waals surface area contributed by atoms with Gasteiger partial charge in [-0.2, -0.15) is 0 Å². The molecule has 0 aliphatic rings. The Morgan fingerprint density at radius 1 is 1.06 bits per heavy atom. The summed E-state index contributed by atoms with van der Waals surface area (Å²) in [4.78, 5) is 4.36. The van der Waals surface area contributed by atoms with Crippen LogP contribution < -0.4 is 11.5 Å². The van der Waals surface area contributed by atoms with Gasteiger partial charge in [0.2, 0.25) is 0 Å². The highest BCUT2D eigenvalue weighted by Crippen LogP contribution is 2.17. The van der Waals surface area contributed by atoms with Crippen LogP contribution in [0.1, 0.15) is 5.56 Å². The second-order valence-corrected chi connectivity index (χ2v) is 4.02. The number of nitrogens with two attached hydrogens (primary N) is 2. The van der Waals surface area contributed by atoms with Gasteiger partial charge in [0, 0.05) is 24.8 Å². The molecule has 0 aliphatic carbocycles. The summed E-state index contributed by atoms with van der Waals surface area (Å²) in [6, 6.07) is 8.37. The molecule has 0 bridgehead atoms. The van der Waals surface area contributed by atoms with Crippen LogP contribution in [0.5, 0.6) is 0 Å².